The maximum absolute atomic E-state index is 13.6. The van der Waals surface area contributed by atoms with Gasteiger partial charge in [-0.15, -0.1) is 0 Å². The zero-order valence-corrected chi connectivity index (χ0v) is 28.5. The summed E-state index contributed by atoms with van der Waals surface area (Å²) in [6, 6.07) is 20.0. The highest BCUT2D eigenvalue weighted by Crippen LogP contribution is 2.18. The van der Waals surface area contributed by atoms with E-state index in [-0.39, 0.29) is 40.9 Å². The maximum Gasteiger partial charge on any atom is 0.243 e. The highest BCUT2D eigenvalue weighted by Gasteiger charge is 2.27. The molecule has 1 saturated heterocycles. The van der Waals surface area contributed by atoms with Crippen LogP contribution in [0.25, 0.3) is 0 Å². The molecule has 0 aliphatic carbocycles. The van der Waals surface area contributed by atoms with Gasteiger partial charge in [0.1, 0.15) is 0 Å². The van der Waals surface area contributed by atoms with Gasteiger partial charge in [0.2, 0.25) is 30.1 Å². The van der Waals surface area contributed by atoms with E-state index < -0.39 is 30.1 Å². The van der Waals surface area contributed by atoms with Gasteiger partial charge in [0.05, 0.1) is 14.7 Å². The van der Waals surface area contributed by atoms with E-state index >= 15 is 0 Å². The Balaban J connectivity index is 1.44. The van der Waals surface area contributed by atoms with Crippen molar-refractivity contribution < 1.29 is 25.3 Å². The van der Waals surface area contributed by atoms with E-state index in [4.69, 9.17) is 0 Å². The molecule has 1 heterocycles. The monoisotopic (exact) mass is 677 g/mol. The molecule has 0 saturated carbocycles. The molecule has 3 aromatic rings. The molecule has 1 fully saturated rings. The van der Waals surface area contributed by atoms with Crippen LogP contribution in [-0.4, -0.2) is 105 Å². The summed E-state index contributed by atoms with van der Waals surface area (Å²) in [5, 5.41) is 0. The Kier molecular flexibility index (Phi) is 11.9. The van der Waals surface area contributed by atoms with Crippen molar-refractivity contribution in [1.29, 1.82) is 0 Å². The van der Waals surface area contributed by atoms with Crippen molar-refractivity contribution in [2.75, 3.05) is 65.4 Å². The third-order valence-corrected chi connectivity index (χ3v) is 12.7. The van der Waals surface area contributed by atoms with E-state index in [0.717, 1.165) is 16.7 Å². The largest absolute Gasteiger partial charge is 0.299 e. The fourth-order valence-corrected chi connectivity index (χ4v) is 8.41. The molecule has 0 radical (unpaired) electrons. The van der Waals surface area contributed by atoms with Crippen LogP contribution in [0.2, 0.25) is 0 Å². The van der Waals surface area contributed by atoms with Gasteiger partial charge in [-0.25, -0.2) is 34.7 Å². The van der Waals surface area contributed by atoms with Crippen molar-refractivity contribution in [3.8, 4) is 0 Å². The Morgan fingerprint density at radius 1 is 0.489 bits per heavy atom. The molecular weight excluding hydrogens is 635 g/mol. The number of aryl methyl sites for hydroxylation is 3. The molecule has 11 nitrogen and oxygen atoms in total. The number of hydrogen-bond acceptors (Lipinski definition) is 8. The first-order chi connectivity index (χ1) is 21.3. The quantitative estimate of drug-likeness (QED) is 0.298. The molecule has 0 aromatic heterocycles. The summed E-state index contributed by atoms with van der Waals surface area (Å²) in [6.07, 6.45) is 0. The van der Waals surface area contributed by atoms with Crippen LogP contribution in [0, 0.1) is 20.8 Å². The maximum atomic E-state index is 13.6. The van der Waals surface area contributed by atoms with Crippen LogP contribution < -0.4 is 9.44 Å². The summed E-state index contributed by atoms with van der Waals surface area (Å²) in [7, 11) is -11.2. The van der Waals surface area contributed by atoms with E-state index in [1.807, 2.05) is 30.6 Å². The van der Waals surface area contributed by atoms with Gasteiger partial charge in [0.25, 0.3) is 0 Å². The van der Waals surface area contributed by atoms with E-state index in [1.54, 1.807) is 72.8 Å². The summed E-state index contributed by atoms with van der Waals surface area (Å²) in [5.74, 6) is 0. The number of nitrogens with zero attached hydrogens (tertiary/aromatic N) is 3. The fourth-order valence-electron chi connectivity index (χ4n) is 4.95. The molecule has 3 aromatic carbocycles. The average Bonchev–Trinajstić information content (AvgIpc) is 3.09. The van der Waals surface area contributed by atoms with Crippen molar-refractivity contribution in [2.24, 2.45) is 0 Å². The summed E-state index contributed by atoms with van der Waals surface area (Å²) in [4.78, 5) is 4.65. The minimum atomic E-state index is -3.79. The molecular formula is C31H43N5O6S3. The van der Waals surface area contributed by atoms with Gasteiger partial charge >= 0.3 is 0 Å². The second-order valence-electron chi connectivity index (χ2n) is 11.3. The van der Waals surface area contributed by atoms with Gasteiger partial charge < -0.3 is 0 Å². The smallest absolute Gasteiger partial charge is 0.243 e. The van der Waals surface area contributed by atoms with Crippen LogP contribution in [-0.2, 0) is 30.1 Å². The first kappa shape index (κ1) is 35.2. The number of hydrogen-bond donors (Lipinski definition) is 2. The molecule has 246 valence electrons. The number of benzene rings is 3. The Morgan fingerprint density at radius 3 is 1.16 bits per heavy atom. The minimum absolute atomic E-state index is 0.150. The Labute approximate surface area is 268 Å². The van der Waals surface area contributed by atoms with Gasteiger partial charge in [0, 0.05) is 65.4 Å². The van der Waals surface area contributed by atoms with Gasteiger partial charge in [0.15, 0.2) is 0 Å². The molecule has 0 atom stereocenters. The van der Waals surface area contributed by atoms with Gasteiger partial charge in [-0.2, -0.15) is 4.31 Å². The summed E-state index contributed by atoms with van der Waals surface area (Å²) in [6.45, 7) is 9.10. The van der Waals surface area contributed by atoms with Crippen LogP contribution in [0.1, 0.15) is 16.7 Å². The first-order valence-electron chi connectivity index (χ1n) is 14.9. The van der Waals surface area contributed by atoms with E-state index in [9.17, 15) is 25.3 Å². The number of nitrogens with one attached hydrogen (secondary N) is 2. The molecule has 45 heavy (non-hydrogen) atoms. The topological polar surface area (TPSA) is 136 Å². The average molecular weight is 678 g/mol. The number of sulfonamides is 3. The third kappa shape index (κ3) is 9.90. The molecule has 1 aliphatic heterocycles. The standard InChI is InChI=1S/C31H43N5O6S3/c1-26-4-10-29(11-5-26)43(37,38)32-16-18-34-20-21-35(19-17-33-44(39,40)30-12-6-27(2)7-13-30)23-25-36(24-22-34)45(41,42)31-14-8-28(3)9-15-31/h4-15,32-33H,16-25H2,1-3H3. The second kappa shape index (κ2) is 15.3. The normalized spacial score (nSPS) is 16.6. The Bertz CT molecular complexity index is 1640. The molecule has 0 amide bonds. The van der Waals surface area contributed by atoms with Crippen LogP contribution in [0.4, 0.5) is 0 Å². The predicted molar refractivity (Wildman–Crippen MR) is 176 cm³/mol. The van der Waals surface area contributed by atoms with Gasteiger partial charge in [-0.3, -0.25) is 9.80 Å². The fraction of sp³-hybridized carbons (Fsp3) is 0.419. The van der Waals surface area contributed by atoms with E-state index in [1.165, 1.54) is 4.31 Å². The zero-order chi connectivity index (χ0) is 32.7. The van der Waals surface area contributed by atoms with Crippen LogP contribution in [0.15, 0.2) is 87.5 Å². The van der Waals surface area contributed by atoms with Gasteiger partial charge in [-0.1, -0.05) is 53.1 Å². The van der Waals surface area contributed by atoms with Crippen molar-refractivity contribution in [1.82, 2.24) is 23.5 Å². The Hall–Kier alpha value is -2.69. The SMILES string of the molecule is Cc1ccc(S(=O)(=O)NCCN2CCN(CCNS(=O)(=O)c3ccc(C)cc3)CCN(S(=O)(=O)c3ccc(C)cc3)CC2)cc1. The van der Waals surface area contributed by atoms with Crippen molar-refractivity contribution >= 4 is 30.1 Å². The van der Waals surface area contributed by atoms with E-state index in [0.29, 0.717) is 39.3 Å². The number of rotatable bonds is 12. The molecule has 1 aliphatic rings. The van der Waals surface area contributed by atoms with Crippen molar-refractivity contribution in [3.63, 3.8) is 0 Å². The third-order valence-electron chi connectivity index (χ3n) is 7.83. The van der Waals surface area contributed by atoms with Crippen LogP contribution in [0.3, 0.4) is 0 Å². The summed E-state index contributed by atoms with van der Waals surface area (Å²) in [5.41, 5.74) is 2.88. The first-order valence-corrected chi connectivity index (χ1v) is 19.3. The molecule has 0 bridgehead atoms. The van der Waals surface area contributed by atoms with Crippen LogP contribution in [0.5, 0.6) is 0 Å². The molecule has 0 spiro atoms. The lowest BCUT2D eigenvalue weighted by Crippen LogP contribution is -2.42. The minimum Gasteiger partial charge on any atom is -0.299 e. The summed E-state index contributed by atoms with van der Waals surface area (Å²) < 4.78 is 85.3. The lowest BCUT2D eigenvalue weighted by Gasteiger charge is -2.25. The van der Waals surface area contributed by atoms with E-state index in [2.05, 4.69) is 9.44 Å². The molecule has 4 rings (SSSR count). The highest BCUT2D eigenvalue weighted by atomic mass is 32.2. The highest BCUT2D eigenvalue weighted by molar-refractivity contribution is 7.90. The lowest BCUT2D eigenvalue weighted by molar-refractivity contribution is 0.223. The van der Waals surface area contributed by atoms with Crippen molar-refractivity contribution in [3.05, 3.63) is 89.5 Å². The van der Waals surface area contributed by atoms with Crippen molar-refractivity contribution in [2.45, 2.75) is 35.5 Å². The molecule has 2 N–H and O–H groups in total. The predicted octanol–water partition coefficient (Wildman–Crippen LogP) is 2.18. The second-order valence-corrected chi connectivity index (χ2v) is 16.8. The lowest BCUT2D eigenvalue weighted by atomic mass is 10.2. The molecule has 14 heteroatoms. The summed E-state index contributed by atoms with van der Waals surface area (Å²) >= 11 is 0. The van der Waals surface area contributed by atoms with Crippen LogP contribution >= 0.6 is 0 Å². The Morgan fingerprint density at radius 2 is 0.800 bits per heavy atom. The van der Waals surface area contributed by atoms with Gasteiger partial charge in [-0.05, 0) is 57.2 Å². The zero-order valence-electron chi connectivity index (χ0n) is 26.0. The molecule has 0 unspecified atom stereocenters.